The number of hydrogen-bond donors (Lipinski definition) is 0. The van der Waals surface area contributed by atoms with Crippen LogP contribution in [-0.4, -0.2) is 15.6 Å². The maximum absolute atomic E-state index is 12.1. The lowest BCUT2D eigenvalue weighted by Crippen LogP contribution is -2.18. The molecule has 1 unspecified atom stereocenters. The molecule has 0 bridgehead atoms. The summed E-state index contributed by atoms with van der Waals surface area (Å²) < 4.78 is 1.68. The third kappa shape index (κ3) is 1.93. The SMILES string of the molecule is CCn1ncc(Cl)c1C(=O)C(C)C1CC1. The zero-order valence-electron chi connectivity index (χ0n) is 9.03. The molecule has 0 saturated heterocycles. The highest BCUT2D eigenvalue weighted by Gasteiger charge is 2.35. The van der Waals surface area contributed by atoms with Crippen molar-refractivity contribution in [1.29, 1.82) is 0 Å². The van der Waals surface area contributed by atoms with Crippen LogP contribution in [0.1, 0.15) is 37.2 Å². The van der Waals surface area contributed by atoms with Gasteiger partial charge in [-0.25, -0.2) is 0 Å². The van der Waals surface area contributed by atoms with E-state index in [4.69, 9.17) is 11.6 Å². The zero-order valence-corrected chi connectivity index (χ0v) is 9.79. The second-order valence-electron chi connectivity index (χ2n) is 4.15. The van der Waals surface area contributed by atoms with Gasteiger partial charge in [-0.3, -0.25) is 9.48 Å². The molecule has 1 aromatic rings. The molecule has 0 spiro atoms. The molecule has 0 aliphatic heterocycles. The van der Waals surface area contributed by atoms with Crippen molar-refractivity contribution in [1.82, 2.24) is 9.78 Å². The van der Waals surface area contributed by atoms with E-state index in [1.807, 2.05) is 13.8 Å². The van der Waals surface area contributed by atoms with Crippen LogP contribution in [0.2, 0.25) is 5.02 Å². The summed E-state index contributed by atoms with van der Waals surface area (Å²) in [4.78, 5) is 12.1. The largest absolute Gasteiger partial charge is 0.292 e. The highest BCUT2D eigenvalue weighted by molar-refractivity contribution is 6.33. The van der Waals surface area contributed by atoms with Gasteiger partial charge < -0.3 is 0 Å². The fourth-order valence-corrected chi connectivity index (χ4v) is 2.11. The van der Waals surface area contributed by atoms with E-state index in [-0.39, 0.29) is 11.7 Å². The summed E-state index contributed by atoms with van der Waals surface area (Å²) in [5.41, 5.74) is 0.582. The first kappa shape index (κ1) is 10.7. The number of halogens is 1. The van der Waals surface area contributed by atoms with Crippen LogP contribution < -0.4 is 0 Å². The van der Waals surface area contributed by atoms with Gasteiger partial charge in [-0.15, -0.1) is 0 Å². The van der Waals surface area contributed by atoms with Crippen molar-refractivity contribution in [3.8, 4) is 0 Å². The summed E-state index contributed by atoms with van der Waals surface area (Å²) in [5.74, 6) is 0.792. The number of rotatable bonds is 4. The van der Waals surface area contributed by atoms with Gasteiger partial charge in [-0.1, -0.05) is 18.5 Å². The Hall–Kier alpha value is -0.830. The minimum absolute atomic E-state index is 0.0875. The van der Waals surface area contributed by atoms with Crippen molar-refractivity contribution in [2.24, 2.45) is 11.8 Å². The molecule has 82 valence electrons. The van der Waals surface area contributed by atoms with Gasteiger partial charge in [0.1, 0.15) is 5.69 Å². The van der Waals surface area contributed by atoms with Crippen molar-refractivity contribution in [3.63, 3.8) is 0 Å². The first-order valence-electron chi connectivity index (χ1n) is 5.40. The second kappa shape index (κ2) is 3.97. The summed E-state index contributed by atoms with van der Waals surface area (Å²) >= 11 is 5.98. The van der Waals surface area contributed by atoms with Crippen molar-refractivity contribution in [2.75, 3.05) is 0 Å². The number of hydrogen-bond acceptors (Lipinski definition) is 2. The van der Waals surface area contributed by atoms with Crippen molar-refractivity contribution in [3.05, 3.63) is 16.9 Å². The van der Waals surface area contributed by atoms with E-state index in [0.717, 1.165) is 0 Å². The smallest absolute Gasteiger partial charge is 0.185 e. The Morgan fingerprint density at radius 3 is 2.93 bits per heavy atom. The van der Waals surface area contributed by atoms with Crippen molar-refractivity contribution in [2.45, 2.75) is 33.2 Å². The number of nitrogens with zero attached hydrogens (tertiary/aromatic N) is 2. The Morgan fingerprint density at radius 1 is 1.73 bits per heavy atom. The van der Waals surface area contributed by atoms with Crippen molar-refractivity contribution < 1.29 is 4.79 Å². The van der Waals surface area contributed by atoms with Crippen LogP contribution in [0.25, 0.3) is 0 Å². The predicted octanol–water partition coefficient (Wildman–Crippen LogP) is 2.79. The molecule has 1 aliphatic rings. The summed E-state index contributed by atoms with van der Waals surface area (Å²) in [6, 6.07) is 0. The summed E-state index contributed by atoms with van der Waals surface area (Å²) in [6.07, 6.45) is 3.90. The van der Waals surface area contributed by atoms with E-state index in [9.17, 15) is 4.79 Å². The maximum Gasteiger partial charge on any atom is 0.185 e. The monoisotopic (exact) mass is 226 g/mol. The summed E-state index contributed by atoms with van der Waals surface area (Å²) in [7, 11) is 0. The van der Waals surface area contributed by atoms with Crippen LogP contribution in [-0.2, 0) is 6.54 Å². The molecule has 0 radical (unpaired) electrons. The van der Waals surface area contributed by atoms with Gasteiger partial charge in [0.2, 0.25) is 0 Å². The Bertz CT molecular complexity index is 382. The quantitative estimate of drug-likeness (QED) is 0.740. The predicted molar refractivity (Wildman–Crippen MR) is 59.1 cm³/mol. The summed E-state index contributed by atoms with van der Waals surface area (Å²) in [5, 5.41) is 4.56. The Labute approximate surface area is 94.4 Å². The number of carbonyl (C=O) groups is 1. The number of aromatic nitrogens is 2. The number of aryl methyl sites for hydroxylation is 1. The molecule has 1 saturated carbocycles. The molecule has 1 aromatic heterocycles. The van der Waals surface area contributed by atoms with Crippen LogP contribution in [0, 0.1) is 11.8 Å². The maximum atomic E-state index is 12.1. The molecular formula is C11H15ClN2O. The molecule has 2 rings (SSSR count). The van der Waals surface area contributed by atoms with Gasteiger partial charge in [-0.05, 0) is 25.7 Å². The number of carbonyl (C=O) groups excluding carboxylic acids is 1. The fourth-order valence-electron chi connectivity index (χ4n) is 1.87. The average molecular weight is 227 g/mol. The lowest BCUT2D eigenvalue weighted by Gasteiger charge is -2.10. The van der Waals surface area contributed by atoms with Gasteiger partial charge in [0.15, 0.2) is 5.78 Å². The minimum Gasteiger partial charge on any atom is -0.292 e. The minimum atomic E-state index is 0.0875. The number of ketones is 1. The molecule has 0 amide bonds. The van der Waals surface area contributed by atoms with E-state index in [2.05, 4.69) is 5.10 Å². The first-order valence-corrected chi connectivity index (χ1v) is 5.78. The standard InChI is InChI=1S/C11H15ClN2O/c1-3-14-10(9(12)6-13-14)11(15)7(2)8-4-5-8/h6-8H,3-5H2,1-2H3. The van der Waals surface area contributed by atoms with Gasteiger partial charge >= 0.3 is 0 Å². The molecule has 1 aliphatic carbocycles. The molecule has 1 heterocycles. The van der Waals surface area contributed by atoms with E-state index in [0.29, 0.717) is 23.2 Å². The highest BCUT2D eigenvalue weighted by atomic mass is 35.5. The van der Waals surface area contributed by atoms with Crippen LogP contribution in [0.15, 0.2) is 6.20 Å². The molecule has 0 N–H and O–H groups in total. The van der Waals surface area contributed by atoms with Crippen LogP contribution in [0.4, 0.5) is 0 Å². The Balaban J connectivity index is 2.26. The lowest BCUT2D eigenvalue weighted by molar-refractivity contribution is 0.0905. The molecular weight excluding hydrogens is 212 g/mol. The number of Topliss-reactive ketones (excluding diaryl/α,β-unsaturated/α-hetero) is 1. The molecule has 0 aromatic carbocycles. The molecule has 4 heteroatoms. The third-order valence-corrected chi connectivity index (χ3v) is 3.35. The first-order chi connectivity index (χ1) is 7.15. The van der Waals surface area contributed by atoms with Gasteiger partial charge in [0, 0.05) is 12.5 Å². The van der Waals surface area contributed by atoms with Crippen LogP contribution in [0.3, 0.4) is 0 Å². The third-order valence-electron chi connectivity index (χ3n) is 3.07. The van der Waals surface area contributed by atoms with E-state index < -0.39 is 0 Å². The van der Waals surface area contributed by atoms with E-state index in [1.54, 1.807) is 10.9 Å². The van der Waals surface area contributed by atoms with Gasteiger partial charge in [0.05, 0.1) is 11.2 Å². The van der Waals surface area contributed by atoms with E-state index in [1.165, 1.54) is 12.8 Å². The fraction of sp³-hybridized carbons (Fsp3) is 0.636. The molecule has 1 fully saturated rings. The zero-order chi connectivity index (χ0) is 11.0. The molecule has 15 heavy (non-hydrogen) atoms. The molecule has 1 atom stereocenters. The topological polar surface area (TPSA) is 34.9 Å². The van der Waals surface area contributed by atoms with Crippen molar-refractivity contribution >= 4 is 17.4 Å². The van der Waals surface area contributed by atoms with Gasteiger partial charge in [-0.2, -0.15) is 5.10 Å². The second-order valence-corrected chi connectivity index (χ2v) is 4.55. The molecule has 3 nitrogen and oxygen atoms in total. The summed E-state index contributed by atoms with van der Waals surface area (Å²) in [6.45, 7) is 4.64. The van der Waals surface area contributed by atoms with Crippen LogP contribution in [0.5, 0.6) is 0 Å². The normalized spacial score (nSPS) is 17.8. The lowest BCUT2D eigenvalue weighted by atomic mass is 9.98. The Kier molecular flexibility index (Phi) is 2.83. The van der Waals surface area contributed by atoms with E-state index >= 15 is 0 Å². The Morgan fingerprint density at radius 2 is 2.40 bits per heavy atom. The van der Waals surface area contributed by atoms with Crippen LogP contribution >= 0.6 is 11.6 Å². The van der Waals surface area contributed by atoms with Gasteiger partial charge in [0.25, 0.3) is 0 Å². The average Bonchev–Trinajstić information content (AvgIpc) is 3.00. The highest BCUT2D eigenvalue weighted by Crippen LogP contribution is 2.38.